The van der Waals surface area contributed by atoms with Crippen LogP contribution in [-0.4, -0.2) is 17.6 Å². The Balaban J connectivity index is 2.19. The summed E-state index contributed by atoms with van der Waals surface area (Å²) in [5.41, 5.74) is 16.9. The molecule has 0 aliphatic rings. The number of nitrogens with two attached hydrogens (primary N) is 2. The van der Waals surface area contributed by atoms with Crippen LogP contribution in [-0.2, 0) is 0 Å². The van der Waals surface area contributed by atoms with Crippen molar-refractivity contribution in [3.05, 3.63) is 41.6 Å². The fraction of sp³-hybridized carbons (Fsp3) is 0.389. The van der Waals surface area contributed by atoms with Crippen LogP contribution in [0.3, 0.4) is 0 Å². The fourth-order valence-electron chi connectivity index (χ4n) is 2.39. The number of benzene rings is 1. The van der Waals surface area contributed by atoms with Gasteiger partial charge in [-0.2, -0.15) is 0 Å². The first-order valence-corrected chi connectivity index (χ1v) is 7.97. The van der Waals surface area contributed by atoms with E-state index in [0.717, 1.165) is 22.9 Å². The van der Waals surface area contributed by atoms with Crippen LogP contribution in [0.1, 0.15) is 25.0 Å². The lowest BCUT2D eigenvalue weighted by Gasteiger charge is -2.22. The molecule has 1 aromatic carbocycles. The first-order chi connectivity index (χ1) is 10.9. The average molecular weight is 313 g/mol. The van der Waals surface area contributed by atoms with Gasteiger partial charge in [0.05, 0.1) is 11.4 Å². The SMILES string of the molecule is Cc1cc(N)c(Nc2cc(N[C@H](CN)C(C)C)ccn2)cc1C. The van der Waals surface area contributed by atoms with Gasteiger partial charge in [0.1, 0.15) is 5.82 Å². The molecule has 1 aromatic heterocycles. The van der Waals surface area contributed by atoms with E-state index in [9.17, 15) is 0 Å². The Bertz CT molecular complexity index is 666. The molecular formula is C18H27N5. The summed E-state index contributed by atoms with van der Waals surface area (Å²) in [4.78, 5) is 4.37. The van der Waals surface area contributed by atoms with Crippen LogP contribution in [0.5, 0.6) is 0 Å². The van der Waals surface area contributed by atoms with Gasteiger partial charge in [0, 0.05) is 30.5 Å². The van der Waals surface area contributed by atoms with Crippen LogP contribution in [0.25, 0.3) is 0 Å². The van der Waals surface area contributed by atoms with Crippen molar-refractivity contribution < 1.29 is 0 Å². The van der Waals surface area contributed by atoms with E-state index in [1.807, 2.05) is 24.3 Å². The smallest absolute Gasteiger partial charge is 0.132 e. The van der Waals surface area contributed by atoms with Gasteiger partial charge in [-0.15, -0.1) is 0 Å². The zero-order valence-electron chi connectivity index (χ0n) is 14.4. The zero-order chi connectivity index (χ0) is 17.0. The molecule has 0 amide bonds. The van der Waals surface area contributed by atoms with Crippen LogP contribution in [0.4, 0.5) is 22.9 Å². The van der Waals surface area contributed by atoms with Crippen molar-refractivity contribution in [2.75, 3.05) is 22.9 Å². The molecule has 0 bridgehead atoms. The molecule has 5 heteroatoms. The summed E-state index contributed by atoms with van der Waals surface area (Å²) < 4.78 is 0. The molecule has 0 spiro atoms. The highest BCUT2D eigenvalue weighted by Gasteiger charge is 2.11. The van der Waals surface area contributed by atoms with E-state index in [0.29, 0.717) is 12.5 Å². The Hall–Kier alpha value is -2.27. The molecule has 2 rings (SSSR count). The normalized spacial score (nSPS) is 12.3. The lowest BCUT2D eigenvalue weighted by Crippen LogP contribution is -2.33. The van der Waals surface area contributed by atoms with Gasteiger partial charge >= 0.3 is 0 Å². The minimum absolute atomic E-state index is 0.233. The number of nitrogens with zero attached hydrogens (tertiary/aromatic N) is 1. The lowest BCUT2D eigenvalue weighted by molar-refractivity contribution is 0.531. The van der Waals surface area contributed by atoms with Crippen LogP contribution in [0.15, 0.2) is 30.5 Å². The largest absolute Gasteiger partial charge is 0.397 e. The van der Waals surface area contributed by atoms with Crippen LogP contribution in [0, 0.1) is 19.8 Å². The molecule has 0 fully saturated rings. The molecule has 0 unspecified atom stereocenters. The fourth-order valence-corrected chi connectivity index (χ4v) is 2.39. The van der Waals surface area contributed by atoms with Crippen LogP contribution >= 0.6 is 0 Å². The quantitative estimate of drug-likeness (QED) is 0.614. The summed E-state index contributed by atoms with van der Waals surface area (Å²) in [6.45, 7) is 9.02. The highest BCUT2D eigenvalue weighted by Crippen LogP contribution is 2.26. The van der Waals surface area contributed by atoms with Crippen LogP contribution in [0.2, 0.25) is 0 Å². The molecule has 0 aliphatic heterocycles. The van der Waals surface area contributed by atoms with E-state index in [1.54, 1.807) is 6.20 Å². The second-order valence-corrected chi connectivity index (χ2v) is 6.31. The molecule has 124 valence electrons. The number of anilines is 4. The lowest BCUT2D eigenvalue weighted by atomic mass is 10.0. The molecule has 6 N–H and O–H groups in total. The van der Waals surface area contributed by atoms with E-state index < -0.39 is 0 Å². The molecule has 0 radical (unpaired) electrons. The number of nitrogen functional groups attached to an aromatic ring is 1. The zero-order valence-corrected chi connectivity index (χ0v) is 14.4. The Morgan fingerprint density at radius 1 is 1.13 bits per heavy atom. The molecule has 0 saturated heterocycles. The Morgan fingerprint density at radius 2 is 1.83 bits per heavy atom. The second-order valence-electron chi connectivity index (χ2n) is 6.31. The molecule has 0 aliphatic carbocycles. The molecular weight excluding hydrogens is 286 g/mol. The maximum Gasteiger partial charge on any atom is 0.132 e. The van der Waals surface area contributed by atoms with E-state index in [1.165, 1.54) is 11.1 Å². The molecule has 1 atom stereocenters. The topological polar surface area (TPSA) is 89.0 Å². The minimum atomic E-state index is 0.233. The van der Waals surface area contributed by atoms with Crippen molar-refractivity contribution in [2.45, 2.75) is 33.7 Å². The summed E-state index contributed by atoms with van der Waals surface area (Å²) >= 11 is 0. The number of hydrogen-bond acceptors (Lipinski definition) is 5. The van der Waals surface area contributed by atoms with Gasteiger partial charge in [-0.3, -0.25) is 0 Å². The Kier molecular flexibility index (Phi) is 5.45. The third-order valence-electron chi connectivity index (χ3n) is 4.10. The number of pyridine rings is 1. The molecule has 1 heterocycles. The van der Waals surface area contributed by atoms with Gasteiger partial charge < -0.3 is 22.1 Å². The van der Waals surface area contributed by atoms with Gasteiger partial charge in [-0.1, -0.05) is 13.8 Å². The third-order valence-corrected chi connectivity index (χ3v) is 4.10. The minimum Gasteiger partial charge on any atom is -0.397 e. The number of rotatable bonds is 6. The number of aryl methyl sites for hydroxylation is 2. The van der Waals surface area contributed by atoms with Crippen molar-refractivity contribution in [3.63, 3.8) is 0 Å². The Morgan fingerprint density at radius 3 is 2.48 bits per heavy atom. The highest BCUT2D eigenvalue weighted by atomic mass is 15.0. The van der Waals surface area contributed by atoms with Gasteiger partial charge in [0.2, 0.25) is 0 Å². The van der Waals surface area contributed by atoms with E-state index in [2.05, 4.69) is 43.3 Å². The molecule has 0 saturated carbocycles. The third kappa shape index (κ3) is 4.36. The van der Waals surface area contributed by atoms with Gasteiger partial charge in [0.15, 0.2) is 0 Å². The highest BCUT2D eigenvalue weighted by molar-refractivity contribution is 5.74. The second kappa shape index (κ2) is 7.33. The van der Waals surface area contributed by atoms with Gasteiger partial charge in [-0.25, -0.2) is 4.98 Å². The molecule has 23 heavy (non-hydrogen) atoms. The summed E-state index contributed by atoms with van der Waals surface area (Å²) in [5.74, 6) is 1.21. The number of hydrogen-bond donors (Lipinski definition) is 4. The predicted molar refractivity (Wildman–Crippen MR) is 99.2 cm³/mol. The van der Waals surface area contributed by atoms with Crippen LogP contribution < -0.4 is 22.1 Å². The first-order valence-electron chi connectivity index (χ1n) is 7.97. The first kappa shape index (κ1) is 17.1. The standard InChI is InChI=1S/C18H27N5/c1-11(2)17(10-19)22-14-5-6-21-18(9-14)23-16-8-13(4)12(3)7-15(16)20/h5-9,11,17H,10,19-20H2,1-4H3,(H2,21,22,23)/t17-/m1/s1. The monoisotopic (exact) mass is 313 g/mol. The van der Waals surface area contributed by atoms with Crippen molar-refractivity contribution in [1.82, 2.24) is 4.98 Å². The summed E-state index contributed by atoms with van der Waals surface area (Å²) in [7, 11) is 0. The maximum absolute atomic E-state index is 6.10. The van der Waals surface area contributed by atoms with E-state index in [4.69, 9.17) is 11.5 Å². The van der Waals surface area contributed by atoms with Crippen molar-refractivity contribution >= 4 is 22.9 Å². The summed E-state index contributed by atoms with van der Waals surface area (Å²) in [5, 5.41) is 6.75. The Labute approximate surface area is 138 Å². The van der Waals surface area contributed by atoms with E-state index in [-0.39, 0.29) is 6.04 Å². The van der Waals surface area contributed by atoms with Gasteiger partial charge in [0.25, 0.3) is 0 Å². The number of aromatic nitrogens is 1. The summed E-state index contributed by atoms with van der Waals surface area (Å²) in [6.07, 6.45) is 1.77. The summed E-state index contributed by atoms with van der Waals surface area (Å²) in [6, 6.07) is 8.17. The molecule has 2 aromatic rings. The van der Waals surface area contributed by atoms with Gasteiger partial charge in [-0.05, 0) is 49.1 Å². The predicted octanol–water partition coefficient (Wildman–Crippen LogP) is 3.42. The van der Waals surface area contributed by atoms with Crippen molar-refractivity contribution in [3.8, 4) is 0 Å². The maximum atomic E-state index is 6.10. The average Bonchev–Trinajstić information content (AvgIpc) is 2.50. The van der Waals surface area contributed by atoms with E-state index >= 15 is 0 Å². The molecule has 5 nitrogen and oxygen atoms in total. The van der Waals surface area contributed by atoms with Crippen molar-refractivity contribution in [2.24, 2.45) is 11.7 Å². The number of nitrogens with one attached hydrogen (secondary N) is 2. The van der Waals surface area contributed by atoms with Crippen molar-refractivity contribution in [1.29, 1.82) is 0 Å².